The van der Waals surface area contributed by atoms with E-state index in [1.54, 1.807) is 0 Å². The lowest BCUT2D eigenvalue weighted by atomic mass is 9.95. The molecule has 1 amide bonds. The van der Waals surface area contributed by atoms with E-state index in [2.05, 4.69) is 25.9 Å². The zero-order chi connectivity index (χ0) is 35.8. The van der Waals surface area contributed by atoms with Crippen LogP contribution < -0.4 is 32.2 Å². The van der Waals surface area contributed by atoms with Gasteiger partial charge in [-0.15, -0.1) is 0 Å². The quantitative estimate of drug-likeness (QED) is 0.0432. The second-order valence-electron chi connectivity index (χ2n) is 11.5. The van der Waals surface area contributed by atoms with Gasteiger partial charge in [0.15, 0.2) is 28.4 Å². The number of hydrogen-bond donors (Lipinski definition) is 11. The van der Waals surface area contributed by atoms with Gasteiger partial charge >= 0.3 is 0 Å². The van der Waals surface area contributed by atoms with Crippen molar-refractivity contribution in [1.82, 2.24) is 25.9 Å². The Morgan fingerprint density at radius 3 is 2.24 bits per heavy atom. The Labute approximate surface area is 290 Å². The van der Waals surface area contributed by atoms with Crippen LogP contribution in [0.4, 0.5) is 11.6 Å². The molecule has 2 aromatic carbocycles. The molecule has 0 fully saturated rings. The predicted molar refractivity (Wildman–Crippen MR) is 186 cm³/mol. The zero-order valence-corrected chi connectivity index (χ0v) is 27.9. The highest BCUT2D eigenvalue weighted by molar-refractivity contribution is 6.31. The fraction of sp³-hybridized carbons (Fsp3) is 0.455. The molecule has 49 heavy (non-hydrogen) atoms. The second-order valence-corrected chi connectivity index (χ2v) is 11.9. The molecular weight excluding hydrogens is 656 g/mol. The average Bonchev–Trinajstić information content (AvgIpc) is 3.10. The van der Waals surface area contributed by atoms with Gasteiger partial charge in [-0.1, -0.05) is 54.1 Å². The molecule has 268 valence electrons. The van der Waals surface area contributed by atoms with Gasteiger partial charge < -0.3 is 52.4 Å². The van der Waals surface area contributed by atoms with Gasteiger partial charge in [-0.3, -0.25) is 15.5 Å². The number of aryl methyl sites for hydroxylation is 2. The molecule has 0 aliphatic rings. The van der Waals surface area contributed by atoms with Crippen LogP contribution in [0.15, 0.2) is 54.6 Å². The molecule has 1 heterocycles. The SMILES string of the molecule is N=C(NCCCCc1ccc(OCCNC(CCc2ccccc2)C[C@H](O)[C@@H](O)[C@H](O)[C@H](O)CO)cc1)NC(=O)c1nc(Cl)c(N)nc1N. The van der Waals surface area contributed by atoms with E-state index in [0.29, 0.717) is 31.9 Å². The molecule has 15 nitrogen and oxygen atoms in total. The standard InChI is InChI=1S/C33H47ClN8O7/c34-29-31(36)41-30(35)26(40-29)32(48)42-33(37)39-15-5-4-8-21-10-13-23(14-11-21)49-17-16-38-22(12-9-20-6-2-1-3-7-20)18-24(44)27(46)28(47)25(45)19-43/h1-3,6-7,10-11,13-14,22,24-25,27-28,38,43-47H,4-5,8-9,12,15-19H2,(H4,35,36,41)(H3,37,39,42,48)/t22?,24-,25+,27+,28+/m0/s1. The van der Waals surface area contributed by atoms with E-state index in [1.807, 2.05) is 54.6 Å². The molecule has 13 N–H and O–H groups in total. The third kappa shape index (κ3) is 13.4. The molecule has 0 radical (unpaired) electrons. The van der Waals surface area contributed by atoms with Gasteiger partial charge in [-0.2, -0.15) is 0 Å². The minimum Gasteiger partial charge on any atom is -0.492 e. The third-order valence-corrected chi connectivity index (χ3v) is 8.03. The summed E-state index contributed by atoms with van der Waals surface area (Å²) >= 11 is 5.80. The number of halogens is 1. The Balaban J connectivity index is 1.36. The fourth-order valence-corrected chi connectivity index (χ4v) is 5.09. The van der Waals surface area contributed by atoms with Crippen molar-refractivity contribution in [2.24, 2.45) is 0 Å². The maximum atomic E-state index is 12.3. The van der Waals surface area contributed by atoms with Crippen LogP contribution in [0, 0.1) is 5.41 Å². The molecule has 3 aromatic rings. The summed E-state index contributed by atoms with van der Waals surface area (Å²) < 4.78 is 5.89. The number of guanidine groups is 1. The largest absolute Gasteiger partial charge is 0.492 e. The Morgan fingerprint density at radius 2 is 1.55 bits per heavy atom. The number of nitrogens with zero attached hydrogens (tertiary/aromatic N) is 2. The lowest BCUT2D eigenvalue weighted by molar-refractivity contribution is -0.117. The molecule has 1 unspecified atom stereocenters. The number of anilines is 2. The highest BCUT2D eigenvalue weighted by atomic mass is 35.5. The first-order valence-electron chi connectivity index (χ1n) is 16.0. The molecule has 0 aliphatic carbocycles. The Kier molecular flexibility index (Phi) is 16.4. The highest BCUT2D eigenvalue weighted by Gasteiger charge is 2.31. The number of nitrogens with one attached hydrogen (secondary N) is 4. The van der Waals surface area contributed by atoms with Crippen LogP contribution in [0.1, 0.15) is 47.3 Å². The molecule has 0 bridgehead atoms. The van der Waals surface area contributed by atoms with E-state index in [0.717, 1.165) is 36.8 Å². The molecule has 1 aromatic heterocycles. The van der Waals surface area contributed by atoms with Crippen LogP contribution >= 0.6 is 11.6 Å². The molecule has 3 rings (SSSR count). The van der Waals surface area contributed by atoms with E-state index in [1.165, 1.54) is 0 Å². The van der Waals surface area contributed by atoms with Crippen LogP contribution in [0.3, 0.4) is 0 Å². The molecule has 0 saturated heterocycles. The second kappa shape index (κ2) is 20.4. The minimum absolute atomic E-state index is 0.0902. The van der Waals surface area contributed by atoms with Crippen molar-refractivity contribution < 1.29 is 35.1 Å². The number of benzene rings is 2. The number of aliphatic hydroxyl groups excluding tert-OH is 5. The normalized spacial score (nSPS) is 14.3. The van der Waals surface area contributed by atoms with Gasteiger partial charge in [0.05, 0.1) is 12.7 Å². The summed E-state index contributed by atoms with van der Waals surface area (Å²) in [6.45, 7) is 0.542. The molecule has 5 atom stereocenters. The van der Waals surface area contributed by atoms with Gasteiger partial charge in [-0.25, -0.2) is 9.97 Å². The monoisotopic (exact) mass is 702 g/mol. The van der Waals surface area contributed by atoms with Crippen molar-refractivity contribution in [2.45, 2.75) is 69.0 Å². The summed E-state index contributed by atoms with van der Waals surface area (Å²) in [5.74, 6) is -0.512. The van der Waals surface area contributed by atoms with E-state index >= 15 is 0 Å². The average molecular weight is 703 g/mol. The van der Waals surface area contributed by atoms with Gasteiger partial charge in [0, 0.05) is 19.1 Å². The van der Waals surface area contributed by atoms with E-state index in [4.69, 9.17) is 38.3 Å². The first-order valence-corrected chi connectivity index (χ1v) is 16.4. The molecular formula is C33H47ClN8O7. The van der Waals surface area contributed by atoms with Crippen LogP contribution in [0.2, 0.25) is 5.15 Å². The van der Waals surface area contributed by atoms with Gasteiger partial charge in [-0.05, 0) is 61.8 Å². The number of carbonyl (C=O) groups excluding carboxylic acids is 1. The number of aromatic nitrogens is 2. The van der Waals surface area contributed by atoms with Crippen LogP contribution in [-0.4, -0.2) is 104 Å². The topological polar surface area (TPSA) is 265 Å². The van der Waals surface area contributed by atoms with Crippen LogP contribution in [0.25, 0.3) is 0 Å². The number of rotatable bonds is 20. The van der Waals surface area contributed by atoms with Crippen molar-refractivity contribution in [3.63, 3.8) is 0 Å². The minimum atomic E-state index is -1.68. The number of nitrogen functional groups attached to an aromatic ring is 2. The Bertz CT molecular complexity index is 1450. The van der Waals surface area contributed by atoms with E-state index in [-0.39, 0.29) is 40.9 Å². The molecule has 0 saturated carbocycles. The summed E-state index contributed by atoms with van der Waals surface area (Å²) in [4.78, 5) is 19.9. The summed E-state index contributed by atoms with van der Waals surface area (Å²) in [5.41, 5.74) is 13.2. The Hall–Kier alpha value is -4.09. The van der Waals surface area contributed by atoms with E-state index < -0.39 is 36.9 Å². The molecule has 0 spiro atoms. The summed E-state index contributed by atoms with van der Waals surface area (Å²) in [5, 5.41) is 65.9. The smallest absolute Gasteiger partial charge is 0.280 e. The molecule has 0 aliphatic heterocycles. The number of carbonyl (C=O) groups is 1. The summed E-state index contributed by atoms with van der Waals surface area (Å²) in [7, 11) is 0. The van der Waals surface area contributed by atoms with Gasteiger partial charge in [0.25, 0.3) is 5.91 Å². The van der Waals surface area contributed by atoms with Crippen molar-refractivity contribution in [3.8, 4) is 5.75 Å². The predicted octanol–water partition coefficient (Wildman–Crippen LogP) is 0.367. The van der Waals surface area contributed by atoms with Crippen LogP contribution in [-0.2, 0) is 12.8 Å². The van der Waals surface area contributed by atoms with Gasteiger partial charge in [0.1, 0.15) is 30.7 Å². The number of ether oxygens (including phenoxy) is 1. The van der Waals surface area contributed by atoms with Crippen molar-refractivity contribution >= 4 is 35.1 Å². The third-order valence-electron chi connectivity index (χ3n) is 7.76. The zero-order valence-electron chi connectivity index (χ0n) is 27.1. The van der Waals surface area contributed by atoms with Crippen molar-refractivity contribution in [1.29, 1.82) is 5.41 Å². The molecule has 16 heteroatoms. The van der Waals surface area contributed by atoms with E-state index in [9.17, 15) is 25.2 Å². The number of hydrogen-bond acceptors (Lipinski definition) is 13. The summed E-state index contributed by atoms with van der Waals surface area (Å²) in [6, 6.07) is 17.4. The first kappa shape index (κ1) is 39.3. The fourth-order valence-electron chi connectivity index (χ4n) is 4.96. The Morgan fingerprint density at radius 1 is 0.878 bits per heavy atom. The van der Waals surface area contributed by atoms with Crippen molar-refractivity contribution in [2.75, 3.05) is 37.8 Å². The number of aliphatic hydroxyl groups is 5. The van der Waals surface area contributed by atoms with Gasteiger partial charge in [0.2, 0.25) is 0 Å². The highest BCUT2D eigenvalue weighted by Crippen LogP contribution is 2.18. The number of amides is 1. The summed E-state index contributed by atoms with van der Waals surface area (Å²) in [6.07, 6.45) is -2.29. The van der Waals surface area contributed by atoms with Crippen LogP contribution in [0.5, 0.6) is 5.75 Å². The first-order chi connectivity index (χ1) is 23.5. The lowest BCUT2D eigenvalue weighted by Crippen LogP contribution is -2.48. The maximum absolute atomic E-state index is 12.3. The number of unbranched alkanes of at least 4 members (excludes halogenated alkanes) is 1. The maximum Gasteiger partial charge on any atom is 0.280 e. The lowest BCUT2D eigenvalue weighted by Gasteiger charge is -2.29. The van der Waals surface area contributed by atoms with Crippen molar-refractivity contribution in [3.05, 3.63) is 76.6 Å². The number of nitrogens with two attached hydrogens (primary N) is 2.